The summed E-state index contributed by atoms with van der Waals surface area (Å²) < 4.78 is 4.79. The topological polar surface area (TPSA) is 95.0 Å². The number of rotatable bonds is 5. The van der Waals surface area contributed by atoms with Gasteiger partial charge >= 0.3 is 12.0 Å². The van der Waals surface area contributed by atoms with Crippen LogP contribution < -0.4 is 10.2 Å². The zero-order chi connectivity index (χ0) is 15.2. The van der Waals surface area contributed by atoms with Crippen molar-refractivity contribution in [3.05, 3.63) is 11.6 Å². The Bertz CT molecular complexity index is 474. The van der Waals surface area contributed by atoms with Gasteiger partial charge < -0.3 is 25.0 Å². The zero-order valence-corrected chi connectivity index (χ0v) is 12.5. The van der Waals surface area contributed by atoms with Crippen molar-refractivity contribution in [3.63, 3.8) is 0 Å². The van der Waals surface area contributed by atoms with Gasteiger partial charge in [0.05, 0.1) is 6.61 Å². The number of carbonyl (C=O) groups excluding carboxylic acids is 1. The molecule has 1 atom stereocenters. The number of amides is 2. The fourth-order valence-corrected chi connectivity index (χ4v) is 2.75. The predicted octanol–water partition coefficient (Wildman–Crippen LogP) is 0.0743. The molecule has 2 rings (SSSR count). The largest absolute Gasteiger partial charge is 0.480 e. The summed E-state index contributed by atoms with van der Waals surface area (Å²) in [5, 5.41) is 14.3. The second-order valence-electron chi connectivity index (χ2n) is 4.58. The second-order valence-corrected chi connectivity index (χ2v) is 5.46. The monoisotopic (exact) mass is 314 g/mol. The van der Waals surface area contributed by atoms with Gasteiger partial charge in [-0.2, -0.15) is 0 Å². The van der Waals surface area contributed by atoms with Crippen LogP contribution in [0, 0.1) is 0 Å². The molecule has 9 heteroatoms. The number of anilines is 1. The second kappa shape index (κ2) is 7.23. The molecule has 2 amide bonds. The highest BCUT2D eigenvalue weighted by Gasteiger charge is 2.26. The van der Waals surface area contributed by atoms with Gasteiger partial charge in [-0.15, -0.1) is 11.3 Å². The number of carbonyl (C=O) groups is 2. The Kier molecular flexibility index (Phi) is 5.34. The maximum Gasteiger partial charge on any atom is 0.328 e. The zero-order valence-electron chi connectivity index (χ0n) is 11.7. The number of nitrogens with zero attached hydrogens (tertiary/aromatic N) is 3. The van der Waals surface area contributed by atoms with Crippen molar-refractivity contribution >= 4 is 28.5 Å². The van der Waals surface area contributed by atoms with E-state index >= 15 is 0 Å². The van der Waals surface area contributed by atoms with E-state index in [-0.39, 0.29) is 12.6 Å². The standard InChI is InChI=1S/C12H18N4O4S/c1-20-8-9(10(17)18)14-11(19)15-3-5-16(6-4-15)12-13-2-7-21-12/h2,7,9H,3-6,8H2,1H3,(H,14,19)(H,17,18). The van der Waals surface area contributed by atoms with Crippen LogP contribution in [-0.2, 0) is 9.53 Å². The molecule has 1 saturated heterocycles. The minimum absolute atomic E-state index is 0.0554. The first-order valence-corrected chi connectivity index (χ1v) is 7.41. The first-order valence-electron chi connectivity index (χ1n) is 6.53. The van der Waals surface area contributed by atoms with E-state index in [2.05, 4.69) is 15.2 Å². The Balaban J connectivity index is 1.83. The normalized spacial score (nSPS) is 16.6. The van der Waals surface area contributed by atoms with Gasteiger partial charge in [0.15, 0.2) is 11.2 Å². The number of carboxylic acid groups (broad SMARTS) is 1. The van der Waals surface area contributed by atoms with E-state index in [0.717, 1.165) is 5.13 Å². The molecule has 0 radical (unpaired) electrons. The Morgan fingerprint density at radius 2 is 2.19 bits per heavy atom. The van der Waals surface area contributed by atoms with Crippen molar-refractivity contribution in [2.75, 3.05) is 44.8 Å². The van der Waals surface area contributed by atoms with Crippen LogP contribution >= 0.6 is 11.3 Å². The van der Waals surface area contributed by atoms with Crippen molar-refractivity contribution < 1.29 is 19.4 Å². The van der Waals surface area contributed by atoms with Crippen LogP contribution in [0.1, 0.15) is 0 Å². The summed E-state index contributed by atoms with van der Waals surface area (Å²) in [6.07, 6.45) is 1.75. The molecule has 0 spiro atoms. The molecular formula is C12H18N4O4S. The third-order valence-corrected chi connectivity index (χ3v) is 4.02. The van der Waals surface area contributed by atoms with Gasteiger partial charge in [0.1, 0.15) is 0 Å². The van der Waals surface area contributed by atoms with Gasteiger partial charge in [-0.25, -0.2) is 14.6 Å². The molecule has 0 aliphatic carbocycles. The summed E-state index contributed by atoms with van der Waals surface area (Å²) in [6.45, 7) is 2.38. The van der Waals surface area contributed by atoms with E-state index in [1.807, 2.05) is 5.38 Å². The smallest absolute Gasteiger partial charge is 0.328 e. The third-order valence-electron chi connectivity index (χ3n) is 3.19. The molecular weight excluding hydrogens is 296 g/mol. The number of piperazine rings is 1. The van der Waals surface area contributed by atoms with Gasteiger partial charge in [-0.3, -0.25) is 0 Å². The van der Waals surface area contributed by atoms with Crippen molar-refractivity contribution in [2.45, 2.75) is 6.04 Å². The number of aliphatic carboxylic acids is 1. The van der Waals surface area contributed by atoms with Crippen molar-refractivity contribution in [2.24, 2.45) is 0 Å². The number of aromatic nitrogens is 1. The van der Waals surface area contributed by atoms with E-state index in [9.17, 15) is 9.59 Å². The summed E-state index contributed by atoms with van der Waals surface area (Å²) >= 11 is 1.56. The van der Waals surface area contributed by atoms with Gasteiger partial charge in [0, 0.05) is 44.9 Å². The number of hydrogen-bond donors (Lipinski definition) is 2. The summed E-state index contributed by atoms with van der Waals surface area (Å²) in [5.74, 6) is -1.10. The van der Waals surface area contributed by atoms with Crippen molar-refractivity contribution in [3.8, 4) is 0 Å². The molecule has 2 heterocycles. The molecule has 2 N–H and O–H groups in total. The molecule has 0 aromatic carbocycles. The number of thiazole rings is 1. The minimum Gasteiger partial charge on any atom is -0.480 e. The Morgan fingerprint density at radius 3 is 2.71 bits per heavy atom. The molecule has 1 aliphatic rings. The van der Waals surface area contributed by atoms with Crippen LogP contribution in [0.2, 0.25) is 0 Å². The van der Waals surface area contributed by atoms with Gasteiger partial charge in [0.2, 0.25) is 0 Å². The van der Waals surface area contributed by atoms with Gasteiger partial charge in [0.25, 0.3) is 0 Å². The molecule has 1 unspecified atom stereocenters. The fourth-order valence-electron chi connectivity index (χ4n) is 2.05. The lowest BCUT2D eigenvalue weighted by molar-refractivity contribution is -0.140. The molecule has 8 nitrogen and oxygen atoms in total. The highest BCUT2D eigenvalue weighted by molar-refractivity contribution is 7.13. The van der Waals surface area contributed by atoms with Gasteiger partial charge in [-0.1, -0.05) is 0 Å². The molecule has 116 valence electrons. The van der Waals surface area contributed by atoms with E-state index < -0.39 is 12.0 Å². The first kappa shape index (κ1) is 15.5. The maximum absolute atomic E-state index is 12.0. The Labute approximate surface area is 126 Å². The van der Waals surface area contributed by atoms with Crippen LogP contribution in [0.15, 0.2) is 11.6 Å². The average molecular weight is 314 g/mol. The fraction of sp³-hybridized carbons (Fsp3) is 0.583. The third kappa shape index (κ3) is 4.05. The number of nitrogens with one attached hydrogen (secondary N) is 1. The molecule has 1 fully saturated rings. The number of hydrogen-bond acceptors (Lipinski definition) is 6. The van der Waals surface area contributed by atoms with Crippen molar-refractivity contribution in [1.29, 1.82) is 0 Å². The molecule has 21 heavy (non-hydrogen) atoms. The number of urea groups is 1. The molecule has 1 aromatic rings. The van der Waals surface area contributed by atoms with Crippen LogP contribution in [-0.4, -0.2) is 72.9 Å². The number of carboxylic acids is 1. The quantitative estimate of drug-likeness (QED) is 0.799. The van der Waals surface area contributed by atoms with Crippen molar-refractivity contribution in [1.82, 2.24) is 15.2 Å². The van der Waals surface area contributed by atoms with Crippen LogP contribution in [0.3, 0.4) is 0 Å². The van der Waals surface area contributed by atoms with Crippen LogP contribution in [0.25, 0.3) is 0 Å². The highest BCUT2D eigenvalue weighted by Crippen LogP contribution is 2.18. The van der Waals surface area contributed by atoms with Gasteiger partial charge in [-0.05, 0) is 0 Å². The summed E-state index contributed by atoms with van der Waals surface area (Å²) in [5.41, 5.74) is 0. The SMILES string of the molecule is COCC(NC(=O)N1CCN(c2nccs2)CC1)C(=O)O. The van der Waals surface area contributed by atoms with E-state index in [0.29, 0.717) is 26.2 Å². The Hall–Kier alpha value is -1.87. The number of ether oxygens (including phenoxy) is 1. The van der Waals surface area contributed by atoms with Crippen LogP contribution in [0.5, 0.6) is 0 Å². The van der Waals surface area contributed by atoms with E-state index in [1.165, 1.54) is 7.11 Å². The predicted molar refractivity (Wildman–Crippen MR) is 77.7 cm³/mol. The molecule has 0 bridgehead atoms. The minimum atomic E-state index is -1.10. The molecule has 1 aliphatic heterocycles. The lowest BCUT2D eigenvalue weighted by Crippen LogP contribution is -2.55. The Morgan fingerprint density at radius 1 is 1.48 bits per heavy atom. The lowest BCUT2D eigenvalue weighted by atomic mass is 10.3. The first-order chi connectivity index (χ1) is 10.1. The van der Waals surface area contributed by atoms with Crippen LogP contribution in [0.4, 0.5) is 9.93 Å². The molecule has 0 saturated carbocycles. The lowest BCUT2D eigenvalue weighted by Gasteiger charge is -2.35. The summed E-state index contributed by atoms with van der Waals surface area (Å²) in [4.78, 5) is 31.0. The van der Waals surface area contributed by atoms with E-state index in [1.54, 1.807) is 22.4 Å². The number of methoxy groups -OCH3 is 1. The summed E-state index contributed by atoms with van der Waals surface area (Å²) in [7, 11) is 1.40. The molecule has 1 aromatic heterocycles. The maximum atomic E-state index is 12.0. The van der Waals surface area contributed by atoms with E-state index in [4.69, 9.17) is 9.84 Å². The average Bonchev–Trinajstić information content (AvgIpc) is 3.01. The highest BCUT2D eigenvalue weighted by atomic mass is 32.1. The summed E-state index contributed by atoms with van der Waals surface area (Å²) in [6, 6.07) is -1.40.